The lowest BCUT2D eigenvalue weighted by Gasteiger charge is -2.35. The molecule has 15 nitrogen and oxygen atoms in total. The molecule has 0 spiro atoms. The van der Waals surface area contributed by atoms with E-state index in [1.54, 1.807) is 36.7 Å². The highest BCUT2D eigenvalue weighted by molar-refractivity contribution is 7.13. The van der Waals surface area contributed by atoms with Crippen molar-refractivity contribution in [3.8, 4) is 27.3 Å². The van der Waals surface area contributed by atoms with Crippen LogP contribution < -0.4 is 21.1 Å². The fourth-order valence-electron chi connectivity index (χ4n) is 8.67. The minimum atomic E-state index is -0.941. The molecule has 1 unspecified atom stereocenters. The minimum absolute atomic E-state index is 0.0169. The summed E-state index contributed by atoms with van der Waals surface area (Å²) < 4.78 is 22.2. The van der Waals surface area contributed by atoms with Gasteiger partial charge in [-0.25, -0.2) is 14.4 Å². The maximum absolute atomic E-state index is 14.2. The van der Waals surface area contributed by atoms with Crippen LogP contribution in [-0.2, 0) is 25.7 Å². The number of ether oxygens (including phenoxy) is 1. The van der Waals surface area contributed by atoms with E-state index < -0.39 is 41.4 Å². The number of thiazole rings is 1. The monoisotopic (exact) mass is 989 g/mol. The van der Waals surface area contributed by atoms with Crippen LogP contribution >= 0.6 is 34.5 Å². The molecule has 3 aromatic heterocycles. The number of pyridine rings is 1. The summed E-state index contributed by atoms with van der Waals surface area (Å²) in [5, 5.41) is 21.2. The third-order valence-electron chi connectivity index (χ3n) is 12.6. The van der Waals surface area contributed by atoms with Crippen molar-refractivity contribution in [1.82, 2.24) is 40.2 Å². The van der Waals surface area contributed by atoms with Gasteiger partial charge in [0.2, 0.25) is 23.6 Å². The Morgan fingerprint density at radius 1 is 1.00 bits per heavy atom. The van der Waals surface area contributed by atoms with Gasteiger partial charge in [0.1, 0.15) is 24.0 Å². The normalized spacial score (nSPS) is 17.5. The number of nitrogen functional groups attached to an aromatic ring is 1. The number of amides is 4. The average Bonchev–Trinajstić information content (AvgIpc) is 4.08. The Labute approximate surface area is 409 Å². The van der Waals surface area contributed by atoms with E-state index in [0.29, 0.717) is 49.9 Å². The van der Waals surface area contributed by atoms with Gasteiger partial charge in [0.15, 0.2) is 11.6 Å². The second-order valence-corrected chi connectivity index (χ2v) is 20.2. The largest absolute Gasteiger partial charge is 0.482 e. The number of rotatable bonds is 16. The van der Waals surface area contributed by atoms with Crippen LogP contribution in [-0.4, -0.2) is 96.1 Å². The van der Waals surface area contributed by atoms with E-state index in [1.165, 1.54) is 17.0 Å². The first kappa shape index (κ1) is 50.3. The van der Waals surface area contributed by atoms with Gasteiger partial charge in [-0.1, -0.05) is 68.2 Å². The molecule has 68 heavy (non-hydrogen) atoms. The molecule has 7 rings (SSSR count). The molecule has 5 heterocycles. The number of nitrogens with one attached hydrogen (secondary N) is 2. The lowest BCUT2D eigenvalue weighted by atomic mass is 9.85. The molecule has 5 aromatic rings. The molecule has 2 aliphatic rings. The van der Waals surface area contributed by atoms with Crippen LogP contribution in [0.4, 0.5) is 10.2 Å². The van der Waals surface area contributed by atoms with Crippen molar-refractivity contribution in [1.29, 1.82) is 0 Å². The fraction of sp³-hybridized carbons (Fsp3) is 0.449. The maximum Gasteiger partial charge on any atom is 0.246 e. The number of nitrogens with two attached hydrogens (primary N) is 1. The predicted molar refractivity (Wildman–Crippen MR) is 260 cm³/mol. The van der Waals surface area contributed by atoms with Crippen molar-refractivity contribution in [2.45, 2.75) is 116 Å². The minimum Gasteiger partial charge on any atom is -0.482 e. The van der Waals surface area contributed by atoms with E-state index in [1.807, 2.05) is 73.2 Å². The maximum atomic E-state index is 14.2. The van der Waals surface area contributed by atoms with Crippen LogP contribution in [0.5, 0.6) is 5.75 Å². The summed E-state index contributed by atoms with van der Waals surface area (Å²) in [6.45, 7) is 10.5. The Kier molecular flexibility index (Phi) is 16.1. The first-order valence-corrected chi connectivity index (χ1v) is 24.4. The number of carbonyl (C=O) groups excluding carboxylic acids is 4. The number of benzene rings is 2. The molecular formula is C49H58Cl2FN9O6S. The molecule has 0 aliphatic carbocycles. The molecule has 0 radical (unpaired) electrons. The molecular weight excluding hydrogens is 933 g/mol. The summed E-state index contributed by atoms with van der Waals surface area (Å²) in [6, 6.07) is 10.4. The predicted octanol–water partition coefficient (Wildman–Crippen LogP) is 8.08. The summed E-state index contributed by atoms with van der Waals surface area (Å²) in [5.41, 5.74) is 11.9. The zero-order valence-corrected chi connectivity index (χ0v) is 41.1. The van der Waals surface area contributed by atoms with Crippen LogP contribution in [0.2, 0.25) is 10.0 Å². The highest BCUT2D eigenvalue weighted by Gasteiger charge is 2.44. The second kappa shape index (κ2) is 21.8. The summed E-state index contributed by atoms with van der Waals surface area (Å²) >= 11 is 14.1. The van der Waals surface area contributed by atoms with Crippen LogP contribution in [0, 0.1) is 18.2 Å². The highest BCUT2D eigenvalue weighted by Crippen LogP contribution is 2.38. The first-order chi connectivity index (χ1) is 32.4. The van der Waals surface area contributed by atoms with Gasteiger partial charge < -0.3 is 36.0 Å². The molecule has 2 saturated heterocycles. The quantitative estimate of drug-likeness (QED) is 0.0554. The molecule has 0 saturated carbocycles. The molecule has 5 N–H and O–H groups in total. The number of hydrogen-bond donors (Lipinski definition) is 4. The van der Waals surface area contributed by atoms with E-state index >= 15 is 0 Å². The number of aliphatic hydroxyl groups excluding tert-OH is 1. The topological polar surface area (TPSA) is 198 Å². The second-order valence-electron chi connectivity index (χ2n) is 18.6. The molecule has 362 valence electrons. The molecule has 0 bridgehead atoms. The van der Waals surface area contributed by atoms with Gasteiger partial charge >= 0.3 is 0 Å². The van der Waals surface area contributed by atoms with Crippen LogP contribution in [0.25, 0.3) is 21.6 Å². The number of unbranched alkanes of at least 4 members (excludes halogenated alkanes) is 1. The van der Waals surface area contributed by atoms with Gasteiger partial charge in [-0.05, 0) is 74.3 Å². The molecule has 2 aliphatic heterocycles. The fourth-order valence-corrected chi connectivity index (χ4v) is 10.2. The summed E-state index contributed by atoms with van der Waals surface area (Å²) in [7, 11) is 0. The Morgan fingerprint density at radius 3 is 2.41 bits per heavy atom. The molecule has 2 fully saturated rings. The summed E-state index contributed by atoms with van der Waals surface area (Å²) in [5.74, 6) is -1.29. The highest BCUT2D eigenvalue weighted by atomic mass is 35.5. The Morgan fingerprint density at radius 2 is 1.72 bits per heavy atom. The summed E-state index contributed by atoms with van der Waals surface area (Å²) in [4.78, 5) is 67.0. The number of β-amino-alcohol motifs (C(OH)–C–C–N with tert-alkyl or cyclic N) is 1. The lowest BCUT2D eigenvalue weighted by Crippen LogP contribution is -2.57. The van der Waals surface area contributed by atoms with Crippen molar-refractivity contribution in [2.75, 3.05) is 25.4 Å². The standard InChI is InChI=1S/C49H58Cl2FN9O6S/c1-28-44(68-27-56-28)31-12-10-30(11-13-31)22-55-47(65)38-21-35(62)26-60(38)48(66)45(49(3,4)5)58-40(63)8-6-7-9-41(64)59-18-16-34(17-19-59)61-25-33(24-57-61)32-20-39(46(53)54-23-32)67-29(2)42-36(50)14-15-37(52)43(42)51/h10-15,20,23-25,27,29,34-35,38,45,62H,6-9,16-19,21-22,26H2,1-5H3,(H2,53,54)(H,55,65)(H,58,63)/t29-,35-,38+,45?/m1/s1. The van der Waals surface area contributed by atoms with E-state index in [0.717, 1.165) is 27.3 Å². The van der Waals surface area contributed by atoms with E-state index in [-0.39, 0.29) is 77.7 Å². The van der Waals surface area contributed by atoms with Crippen molar-refractivity contribution >= 4 is 64.0 Å². The summed E-state index contributed by atoms with van der Waals surface area (Å²) in [6.07, 6.45) is 6.53. The third kappa shape index (κ3) is 12.0. The molecule has 19 heteroatoms. The zero-order chi connectivity index (χ0) is 48.9. The number of halogens is 3. The van der Waals surface area contributed by atoms with Gasteiger partial charge in [0.25, 0.3) is 0 Å². The van der Waals surface area contributed by atoms with Crippen LogP contribution in [0.3, 0.4) is 0 Å². The van der Waals surface area contributed by atoms with E-state index in [9.17, 15) is 28.7 Å². The molecule has 4 amide bonds. The van der Waals surface area contributed by atoms with Crippen molar-refractivity contribution in [3.05, 3.63) is 99.2 Å². The van der Waals surface area contributed by atoms with Gasteiger partial charge in [-0.3, -0.25) is 23.9 Å². The number of aliphatic hydroxyl groups is 1. The SMILES string of the molecule is Cc1ncsc1-c1ccc(CNC(=O)[C@@H]2C[C@@H](O)CN2C(=O)C(NC(=O)CCCCC(=O)N2CCC(n3cc(-c4cnc(N)c(O[C@H](C)c5c(Cl)ccc(F)c5Cl)c4)cn3)CC2)C(C)(C)C)cc1. The number of piperidine rings is 1. The smallest absolute Gasteiger partial charge is 0.246 e. The zero-order valence-electron chi connectivity index (χ0n) is 38.8. The molecule has 4 atom stereocenters. The number of aryl methyl sites for hydroxylation is 1. The van der Waals surface area contributed by atoms with Gasteiger partial charge in [-0.2, -0.15) is 5.10 Å². The van der Waals surface area contributed by atoms with Crippen LogP contribution in [0.1, 0.15) is 102 Å². The number of carbonyl (C=O) groups is 4. The van der Waals surface area contributed by atoms with Gasteiger partial charge in [0, 0.05) is 79.5 Å². The number of likely N-dealkylation sites (tertiary alicyclic amines) is 2. The van der Waals surface area contributed by atoms with Crippen molar-refractivity contribution < 1.29 is 33.4 Å². The van der Waals surface area contributed by atoms with Gasteiger partial charge in [-0.15, -0.1) is 11.3 Å². The average molecular weight is 991 g/mol. The van der Waals surface area contributed by atoms with Crippen LogP contribution in [0.15, 0.2) is 66.6 Å². The van der Waals surface area contributed by atoms with E-state index in [4.69, 9.17) is 33.7 Å². The third-order valence-corrected chi connectivity index (χ3v) is 14.2. The Balaban J connectivity index is 0.847. The first-order valence-electron chi connectivity index (χ1n) is 22.8. The number of hydrogen-bond acceptors (Lipinski definition) is 11. The Bertz CT molecular complexity index is 2610. The number of anilines is 1. The van der Waals surface area contributed by atoms with Crippen molar-refractivity contribution in [2.24, 2.45) is 5.41 Å². The number of nitrogens with zero attached hydrogens (tertiary/aromatic N) is 6. The Hall–Kier alpha value is -5.62. The van der Waals surface area contributed by atoms with E-state index in [2.05, 4.69) is 25.7 Å². The lowest BCUT2D eigenvalue weighted by molar-refractivity contribution is -0.144. The van der Waals surface area contributed by atoms with Crippen molar-refractivity contribution in [3.63, 3.8) is 0 Å². The molecule has 2 aromatic carbocycles. The van der Waals surface area contributed by atoms with Gasteiger partial charge in [0.05, 0.1) is 39.4 Å². The number of aromatic nitrogens is 4.